The molecular formula is C13H22N2O3S. The molecule has 0 aliphatic carbocycles. The molecular weight excluding hydrogens is 264 g/mol. The molecule has 108 valence electrons. The Hall–Kier alpha value is -0.950. The molecule has 0 aromatic heterocycles. The van der Waals surface area contributed by atoms with E-state index in [1.54, 1.807) is 32.9 Å². The highest BCUT2D eigenvalue weighted by atomic mass is 32.2. The predicted molar refractivity (Wildman–Crippen MR) is 75.3 cm³/mol. The third kappa shape index (κ3) is 4.28. The molecule has 0 fully saturated rings. The first-order valence-electron chi connectivity index (χ1n) is 6.04. The molecule has 0 saturated carbocycles. The van der Waals surface area contributed by atoms with Crippen LogP contribution in [0.15, 0.2) is 23.1 Å². The molecule has 0 aliphatic heterocycles. The van der Waals surface area contributed by atoms with E-state index in [2.05, 4.69) is 4.72 Å². The number of sulfonamides is 1. The van der Waals surface area contributed by atoms with Crippen LogP contribution in [-0.4, -0.2) is 27.7 Å². The topological polar surface area (TPSA) is 81.4 Å². The number of hydrogen-bond donors (Lipinski definition) is 2. The third-order valence-electron chi connectivity index (χ3n) is 2.69. The van der Waals surface area contributed by atoms with E-state index in [1.807, 2.05) is 6.07 Å². The Morgan fingerprint density at radius 3 is 2.53 bits per heavy atom. The van der Waals surface area contributed by atoms with Gasteiger partial charge in [-0.25, -0.2) is 13.1 Å². The molecule has 1 rings (SSSR count). The summed E-state index contributed by atoms with van der Waals surface area (Å²) in [5, 5.41) is 0. The van der Waals surface area contributed by atoms with E-state index in [-0.39, 0.29) is 4.90 Å². The molecule has 1 aromatic rings. The summed E-state index contributed by atoms with van der Waals surface area (Å²) in [6.45, 7) is 5.91. The van der Waals surface area contributed by atoms with Gasteiger partial charge in [-0.2, -0.15) is 0 Å². The minimum absolute atomic E-state index is 0.264. The van der Waals surface area contributed by atoms with Crippen LogP contribution in [0.3, 0.4) is 0 Å². The zero-order valence-corrected chi connectivity index (χ0v) is 12.7. The van der Waals surface area contributed by atoms with Crippen molar-refractivity contribution in [1.82, 2.24) is 4.72 Å². The van der Waals surface area contributed by atoms with Crippen molar-refractivity contribution < 1.29 is 13.2 Å². The van der Waals surface area contributed by atoms with Crippen LogP contribution in [0.1, 0.15) is 25.0 Å². The molecule has 19 heavy (non-hydrogen) atoms. The van der Waals surface area contributed by atoms with E-state index in [0.29, 0.717) is 18.7 Å². The second-order valence-electron chi connectivity index (χ2n) is 5.23. The van der Waals surface area contributed by atoms with Gasteiger partial charge in [0.05, 0.1) is 17.0 Å². The summed E-state index contributed by atoms with van der Waals surface area (Å²) in [4.78, 5) is 0.264. The normalized spacial score (nSPS) is 12.7. The Morgan fingerprint density at radius 2 is 2.00 bits per heavy atom. The van der Waals surface area contributed by atoms with Crippen molar-refractivity contribution in [3.05, 3.63) is 29.3 Å². The van der Waals surface area contributed by atoms with Gasteiger partial charge in [-0.05, 0) is 38.0 Å². The number of ether oxygens (including phenoxy) is 1. The number of benzene rings is 1. The summed E-state index contributed by atoms with van der Waals surface area (Å²) >= 11 is 0. The summed E-state index contributed by atoms with van der Waals surface area (Å²) < 4.78 is 32.5. The third-order valence-corrected chi connectivity index (χ3v) is 4.53. The van der Waals surface area contributed by atoms with Crippen LogP contribution >= 0.6 is 0 Å². The van der Waals surface area contributed by atoms with E-state index in [4.69, 9.17) is 10.5 Å². The predicted octanol–water partition coefficient (Wildman–Crippen LogP) is 1.16. The van der Waals surface area contributed by atoms with Gasteiger partial charge in [0.15, 0.2) is 0 Å². The number of methoxy groups -OCH3 is 1. The highest BCUT2D eigenvalue weighted by Crippen LogP contribution is 2.19. The van der Waals surface area contributed by atoms with Crippen LogP contribution in [0.4, 0.5) is 0 Å². The van der Waals surface area contributed by atoms with Gasteiger partial charge in [0.1, 0.15) is 0 Å². The van der Waals surface area contributed by atoms with E-state index in [9.17, 15) is 8.42 Å². The van der Waals surface area contributed by atoms with Crippen LogP contribution in [0.2, 0.25) is 0 Å². The Bertz CT molecular complexity index is 539. The lowest BCUT2D eigenvalue weighted by Gasteiger charge is -2.25. The fourth-order valence-electron chi connectivity index (χ4n) is 1.87. The lowest BCUT2D eigenvalue weighted by atomic mass is 10.1. The molecule has 3 N–H and O–H groups in total. The molecule has 0 aliphatic rings. The summed E-state index contributed by atoms with van der Waals surface area (Å²) in [6.07, 6.45) is 0. The number of aryl methyl sites for hydroxylation is 1. The molecule has 0 spiro atoms. The van der Waals surface area contributed by atoms with Gasteiger partial charge in [-0.15, -0.1) is 0 Å². The highest BCUT2D eigenvalue weighted by Gasteiger charge is 2.27. The fourth-order valence-corrected chi connectivity index (χ4v) is 3.56. The van der Waals surface area contributed by atoms with Crippen LogP contribution in [0.5, 0.6) is 0 Å². The molecule has 1 aromatic carbocycles. The van der Waals surface area contributed by atoms with Crippen LogP contribution in [-0.2, 0) is 21.3 Å². The Kier molecular flexibility index (Phi) is 5.09. The number of nitrogens with one attached hydrogen (secondary N) is 1. The fraction of sp³-hybridized carbons (Fsp3) is 0.538. The first-order valence-corrected chi connectivity index (χ1v) is 7.53. The van der Waals surface area contributed by atoms with E-state index in [0.717, 1.165) is 5.56 Å². The maximum atomic E-state index is 12.4. The number of hydrogen-bond acceptors (Lipinski definition) is 4. The van der Waals surface area contributed by atoms with Gasteiger partial charge < -0.3 is 10.5 Å². The second kappa shape index (κ2) is 6.00. The first kappa shape index (κ1) is 16.1. The smallest absolute Gasteiger partial charge is 0.241 e. The average molecular weight is 286 g/mol. The molecule has 0 radical (unpaired) electrons. The SMILES string of the molecule is COCC(C)(C)NS(=O)(=O)c1cc(CN)ccc1C. The molecule has 0 amide bonds. The minimum atomic E-state index is -3.59. The van der Waals surface area contributed by atoms with Gasteiger partial charge in [-0.3, -0.25) is 0 Å². The number of nitrogens with two attached hydrogens (primary N) is 1. The lowest BCUT2D eigenvalue weighted by Crippen LogP contribution is -2.46. The first-order chi connectivity index (χ1) is 8.72. The van der Waals surface area contributed by atoms with Crippen molar-refractivity contribution in [2.75, 3.05) is 13.7 Å². The van der Waals surface area contributed by atoms with Crippen molar-refractivity contribution in [1.29, 1.82) is 0 Å². The van der Waals surface area contributed by atoms with E-state index >= 15 is 0 Å². The van der Waals surface area contributed by atoms with Crippen molar-refractivity contribution in [3.63, 3.8) is 0 Å². The number of rotatable bonds is 6. The van der Waals surface area contributed by atoms with Crippen LogP contribution < -0.4 is 10.5 Å². The van der Waals surface area contributed by atoms with Gasteiger partial charge in [0, 0.05) is 13.7 Å². The van der Waals surface area contributed by atoms with E-state index < -0.39 is 15.6 Å². The van der Waals surface area contributed by atoms with Crippen molar-refractivity contribution in [3.8, 4) is 0 Å². The highest BCUT2D eigenvalue weighted by molar-refractivity contribution is 7.89. The van der Waals surface area contributed by atoms with Crippen molar-refractivity contribution in [2.24, 2.45) is 5.73 Å². The maximum Gasteiger partial charge on any atom is 0.241 e. The molecule has 0 unspecified atom stereocenters. The second-order valence-corrected chi connectivity index (χ2v) is 6.88. The average Bonchev–Trinajstić information content (AvgIpc) is 2.27. The lowest BCUT2D eigenvalue weighted by molar-refractivity contribution is 0.141. The zero-order chi connectivity index (χ0) is 14.7. The summed E-state index contributed by atoms with van der Waals surface area (Å²) in [6, 6.07) is 5.20. The van der Waals surface area contributed by atoms with Gasteiger partial charge in [-0.1, -0.05) is 12.1 Å². The van der Waals surface area contributed by atoms with E-state index in [1.165, 1.54) is 7.11 Å². The molecule has 0 saturated heterocycles. The zero-order valence-electron chi connectivity index (χ0n) is 11.9. The van der Waals surface area contributed by atoms with Gasteiger partial charge in [0.25, 0.3) is 0 Å². The summed E-state index contributed by atoms with van der Waals surface area (Å²) in [5.41, 5.74) is 6.36. The standard InChI is InChI=1S/C13H22N2O3S/c1-10-5-6-11(8-14)7-12(10)19(16,17)15-13(2,3)9-18-4/h5-7,15H,8-9,14H2,1-4H3. The Balaban J connectivity index is 3.13. The maximum absolute atomic E-state index is 12.4. The molecule has 6 heteroatoms. The van der Waals surface area contributed by atoms with Gasteiger partial charge in [0.2, 0.25) is 10.0 Å². The van der Waals surface area contributed by atoms with Crippen molar-refractivity contribution in [2.45, 2.75) is 37.8 Å². The van der Waals surface area contributed by atoms with Crippen LogP contribution in [0, 0.1) is 6.92 Å². The van der Waals surface area contributed by atoms with Crippen LogP contribution in [0.25, 0.3) is 0 Å². The Morgan fingerprint density at radius 1 is 1.37 bits per heavy atom. The monoisotopic (exact) mass is 286 g/mol. The summed E-state index contributed by atoms with van der Waals surface area (Å²) in [7, 11) is -2.05. The largest absolute Gasteiger partial charge is 0.383 e. The quantitative estimate of drug-likeness (QED) is 0.822. The van der Waals surface area contributed by atoms with Gasteiger partial charge >= 0.3 is 0 Å². The molecule has 0 heterocycles. The summed E-state index contributed by atoms with van der Waals surface area (Å²) in [5.74, 6) is 0. The molecule has 5 nitrogen and oxygen atoms in total. The molecule has 0 bridgehead atoms. The van der Waals surface area contributed by atoms with Crippen molar-refractivity contribution >= 4 is 10.0 Å². The Labute approximate surface area is 115 Å². The molecule has 0 atom stereocenters. The minimum Gasteiger partial charge on any atom is -0.383 e.